The molecule has 5 aromatic carbocycles. The van der Waals surface area contributed by atoms with Crippen LogP contribution in [0, 0.1) is 0 Å². The number of pyridine rings is 1. The van der Waals surface area contributed by atoms with Gasteiger partial charge in [-0.3, -0.25) is 9.98 Å². The molecule has 0 radical (unpaired) electrons. The van der Waals surface area contributed by atoms with Gasteiger partial charge >= 0.3 is 0 Å². The number of rotatable bonds is 3. The molecule has 2 bridgehead atoms. The molecule has 0 amide bonds. The van der Waals surface area contributed by atoms with E-state index in [9.17, 15) is 5.11 Å². The molecule has 184 valence electrons. The van der Waals surface area contributed by atoms with Gasteiger partial charge in [-0.2, -0.15) is 0 Å². The lowest BCUT2D eigenvalue weighted by Gasteiger charge is -2.51. The van der Waals surface area contributed by atoms with Crippen molar-refractivity contribution in [3.63, 3.8) is 0 Å². The molecule has 3 heteroatoms. The number of aliphatic imine (C=N–C) groups is 1. The zero-order valence-corrected chi connectivity index (χ0v) is 21.1. The topological polar surface area (TPSA) is 45.5 Å². The number of nitrogens with zero attached hydrogens (tertiary/aromatic N) is 2. The maximum Gasteiger partial charge on any atom is 0.129 e. The fourth-order valence-corrected chi connectivity index (χ4v) is 6.94. The highest BCUT2D eigenvalue weighted by molar-refractivity contribution is 5.94. The van der Waals surface area contributed by atoms with Crippen molar-refractivity contribution in [1.29, 1.82) is 0 Å². The number of hydrogen-bond donors (Lipinski definition) is 1. The first-order chi connectivity index (χ1) is 19.3. The third-order valence-electron chi connectivity index (χ3n) is 8.45. The van der Waals surface area contributed by atoms with Gasteiger partial charge in [-0.1, -0.05) is 103 Å². The van der Waals surface area contributed by atoms with Gasteiger partial charge in [0.25, 0.3) is 0 Å². The van der Waals surface area contributed by atoms with Crippen LogP contribution in [0.1, 0.15) is 50.4 Å². The molecule has 0 aliphatic heterocycles. The minimum absolute atomic E-state index is 0.182. The summed E-state index contributed by atoms with van der Waals surface area (Å²) in [5.41, 5.74) is 10.1. The van der Waals surface area contributed by atoms with Gasteiger partial charge in [0.05, 0.1) is 16.6 Å². The average Bonchev–Trinajstić information content (AvgIpc) is 3.00. The second-order valence-corrected chi connectivity index (χ2v) is 10.3. The molecular formula is C36H24N2O. The maximum absolute atomic E-state index is 12.0. The van der Waals surface area contributed by atoms with Gasteiger partial charge in [0.15, 0.2) is 0 Å². The second kappa shape index (κ2) is 8.24. The average molecular weight is 501 g/mol. The van der Waals surface area contributed by atoms with Gasteiger partial charge in [0.2, 0.25) is 0 Å². The third-order valence-corrected chi connectivity index (χ3v) is 8.45. The molecule has 1 heterocycles. The normalized spacial score (nSPS) is 18.6. The summed E-state index contributed by atoms with van der Waals surface area (Å²) >= 11 is 0. The van der Waals surface area contributed by atoms with E-state index in [1.165, 1.54) is 33.4 Å². The highest BCUT2D eigenvalue weighted by atomic mass is 16.3. The lowest BCUT2D eigenvalue weighted by Crippen LogP contribution is -2.43. The lowest BCUT2D eigenvalue weighted by atomic mass is 9.50. The molecule has 0 spiro atoms. The summed E-state index contributed by atoms with van der Waals surface area (Å²) < 4.78 is 0. The summed E-state index contributed by atoms with van der Waals surface area (Å²) in [6.07, 6.45) is 3.54. The van der Waals surface area contributed by atoms with Crippen LogP contribution in [0.25, 0.3) is 10.9 Å². The van der Waals surface area contributed by atoms with Crippen LogP contribution >= 0.6 is 0 Å². The Balaban J connectivity index is 1.39. The van der Waals surface area contributed by atoms with Crippen LogP contribution < -0.4 is 0 Å². The SMILES string of the molecule is Oc1c(C=Nc2cccc3cccnc23)cccc1C12c3ccccc3C(c3ccccc31)c1ccccc12. The van der Waals surface area contributed by atoms with Crippen LogP contribution in [-0.2, 0) is 5.41 Å². The molecule has 1 aromatic heterocycles. The first kappa shape index (κ1) is 22.0. The predicted octanol–water partition coefficient (Wildman–Crippen LogP) is 7.88. The first-order valence-electron chi connectivity index (χ1n) is 13.3. The van der Waals surface area contributed by atoms with Crippen molar-refractivity contribution in [3.05, 3.63) is 172 Å². The predicted molar refractivity (Wildman–Crippen MR) is 156 cm³/mol. The van der Waals surface area contributed by atoms with E-state index in [4.69, 9.17) is 4.99 Å². The van der Waals surface area contributed by atoms with E-state index in [2.05, 4.69) is 83.8 Å². The van der Waals surface area contributed by atoms with Gasteiger partial charge in [-0.05, 0) is 51.6 Å². The van der Waals surface area contributed by atoms with E-state index in [0.717, 1.165) is 22.2 Å². The molecule has 6 aromatic rings. The van der Waals surface area contributed by atoms with E-state index < -0.39 is 5.41 Å². The van der Waals surface area contributed by atoms with Crippen LogP contribution in [0.3, 0.4) is 0 Å². The molecule has 3 aliphatic carbocycles. The Bertz CT molecular complexity index is 1830. The van der Waals surface area contributed by atoms with Gasteiger partial charge < -0.3 is 5.11 Å². The Kier molecular flexibility index (Phi) is 4.65. The summed E-state index contributed by atoms with van der Waals surface area (Å²) in [4.78, 5) is 9.33. The first-order valence-corrected chi connectivity index (χ1v) is 13.3. The number of aromatic nitrogens is 1. The lowest BCUT2D eigenvalue weighted by molar-refractivity contribution is 0.456. The molecule has 0 unspecified atom stereocenters. The molecule has 9 rings (SSSR count). The quantitative estimate of drug-likeness (QED) is 0.251. The van der Waals surface area contributed by atoms with E-state index in [1.807, 2.05) is 42.5 Å². The molecule has 0 saturated heterocycles. The minimum atomic E-state index is -0.631. The minimum Gasteiger partial charge on any atom is -0.507 e. The Morgan fingerprint density at radius 2 is 1.18 bits per heavy atom. The van der Waals surface area contributed by atoms with Crippen molar-refractivity contribution in [3.8, 4) is 5.75 Å². The van der Waals surface area contributed by atoms with Crippen molar-refractivity contribution >= 4 is 22.8 Å². The van der Waals surface area contributed by atoms with E-state index in [-0.39, 0.29) is 11.7 Å². The zero-order valence-electron chi connectivity index (χ0n) is 21.1. The van der Waals surface area contributed by atoms with Crippen molar-refractivity contribution in [2.24, 2.45) is 4.99 Å². The summed E-state index contributed by atoms with van der Waals surface area (Å²) in [6, 6.07) is 42.1. The van der Waals surface area contributed by atoms with Crippen LogP contribution in [0.4, 0.5) is 5.69 Å². The zero-order chi connectivity index (χ0) is 26.0. The van der Waals surface area contributed by atoms with Gasteiger partial charge in [0, 0.05) is 34.8 Å². The van der Waals surface area contributed by atoms with E-state index >= 15 is 0 Å². The van der Waals surface area contributed by atoms with E-state index in [0.29, 0.717) is 5.56 Å². The summed E-state index contributed by atoms with van der Waals surface area (Å²) in [6.45, 7) is 0. The Morgan fingerprint density at radius 1 is 0.615 bits per heavy atom. The molecule has 0 atom stereocenters. The largest absolute Gasteiger partial charge is 0.507 e. The highest BCUT2D eigenvalue weighted by Gasteiger charge is 2.53. The van der Waals surface area contributed by atoms with Crippen molar-refractivity contribution < 1.29 is 5.11 Å². The fraction of sp³-hybridized carbons (Fsp3) is 0.0556. The molecular weight excluding hydrogens is 476 g/mol. The fourth-order valence-electron chi connectivity index (χ4n) is 6.94. The smallest absolute Gasteiger partial charge is 0.129 e. The number of aromatic hydroxyl groups is 1. The van der Waals surface area contributed by atoms with Gasteiger partial charge in [-0.25, -0.2) is 0 Å². The van der Waals surface area contributed by atoms with Crippen LogP contribution in [0.5, 0.6) is 5.75 Å². The number of benzene rings is 5. The van der Waals surface area contributed by atoms with Crippen LogP contribution in [-0.4, -0.2) is 16.3 Å². The molecule has 39 heavy (non-hydrogen) atoms. The van der Waals surface area contributed by atoms with E-state index in [1.54, 1.807) is 12.4 Å². The highest BCUT2D eigenvalue weighted by Crippen LogP contribution is 2.62. The second-order valence-electron chi connectivity index (χ2n) is 10.3. The van der Waals surface area contributed by atoms with Crippen molar-refractivity contribution in [1.82, 2.24) is 4.98 Å². The van der Waals surface area contributed by atoms with Gasteiger partial charge in [0.1, 0.15) is 5.75 Å². The summed E-state index contributed by atoms with van der Waals surface area (Å²) in [5.74, 6) is 0.426. The number of para-hydroxylation sites is 2. The number of fused-ring (bicyclic) bond motifs is 1. The molecule has 0 saturated carbocycles. The Morgan fingerprint density at radius 3 is 1.85 bits per heavy atom. The number of hydrogen-bond acceptors (Lipinski definition) is 3. The molecule has 0 fully saturated rings. The number of phenolic OH excluding ortho intramolecular Hbond substituents is 1. The monoisotopic (exact) mass is 500 g/mol. The standard InChI is InChI=1S/C36H24N2O/c39-35-24(22-38-32-20-8-10-23-12-9-21-37-34(23)32)11-7-19-31(35)36-28-16-4-1-13-25(28)33(26-14-2-5-17-29(26)36)27-15-3-6-18-30(27)36/h1-22,33,39H. The summed E-state index contributed by atoms with van der Waals surface area (Å²) in [5, 5.41) is 13.1. The maximum atomic E-state index is 12.0. The Hall–Kier alpha value is -5.02. The third kappa shape index (κ3) is 2.93. The molecule has 3 nitrogen and oxygen atoms in total. The van der Waals surface area contributed by atoms with Crippen LogP contribution in [0.15, 0.2) is 133 Å². The van der Waals surface area contributed by atoms with Gasteiger partial charge in [-0.15, -0.1) is 0 Å². The number of phenols is 1. The van der Waals surface area contributed by atoms with Crippen LogP contribution in [0.2, 0.25) is 0 Å². The summed E-state index contributed by atoms with van der Waals surface area (Å²) in [7, 11) is 0. The molecule has 3 aliphatic rings. The molecule has 1 N–H and O–H groups in total. The van der Waals surface area contributed by atoms with Crippen molar-refractivity contribution in [2.75, 3.05) is 0 Å². The van der Waals surface area contributed by atoms with Crippen molar-refractivity contribution in [2.45, 2.75) is 11.3 Å². The Labute approximate surface area is 226 Å².